The molecule has 2 atom stereocenters. The lowest BCUT2D eigenvalue weighted by atomic mass is 9.97. The van der Waals surface area contributed by atoms with Gasteiger partial charge in [0.1, 0.15) is 5.52 Å². The van der Waals surface area contributed by atoms with Gasteiger partial charge in [0, 0.05) is 10.7 Å². The van der Waals surface area contributed by atoms with Gasteiger partial charge in [-0.2, -0.15) is 0 Å². The van der Waals surface area contributed by atoms with Crippen molar-refractivity contribution in [3.05, 3.63) is 23.0 Å². The molecule has 0 bridgehead atoms. The zero-order chi connectivity index (χ0) is 15.9. The summed E-state index contributed by atoms with van der Waals surface area (Å²) in [5, 5.41) is 11.0. The number of oxazole rings is 1. The van der Waals surface area contributed by atoms with Gasteiger partial charge < -0.3 is 9.52 Å². The Bertz CT molecular complexity index is 677. The van der Waals surface area contributed by atoms with E-state index >= 15 is 0 Å². The Morgan fingerprint density at radius 1 is 1.32 bits per heavy atom. The number of aromatic nitrogens is 1. The Morgan fingerprint density at radius 2 is 2.09 bits per heavy atom. The molecule has 0 amide bonds. The number of hydrogen-bond donors (Lipinski definition) is 1. The summed E-state index contributed by atoms with van der Waals surface area (Å²) in [4.78, 5) is 5.57. The summed E-state index contributed by atoms with van der Waals surface area (Å²) >= 11 is 8.13. The molecule has 1 heterocycles. The van der Waals surface area contributed by atoms with Crippen molar-refractivity contribution < 1.29 is 9.52 Å². The summed E-state index contributed by atoms with van der Waals surface area (Å²) in [7, 11) is 0. The highest BCUT2D eigenvalue weighted by atomic mass is 35.5. The normalized spacial score (nSPS) is 23.1. The van der Waals surface area contributed by atoms with Crippen molar-refractivity contribution in [3.63, 3.8) is 0 Å². The second-order valence-electron chi connectivity index (χ2n) is 7.05. The van der Waals surface area contributed by atoms with E-state index < -0.39 is 0 Å². The number of fused-ring (bicyclic) bond motifs is 1. The lowest BCUT2D eigenvalue weighted by molar-refractivity contribution is 0.133. The lowest BCUT2D eigenvalue weighted by Gasteiger charge is -2.25. The number of halogens is 1. The van der Waals surface area contributed by atoms with E-state index in [0.717, 1.165) is 47.6 Å². The van der Waals surface area contributed by atoms with Gasteiger partial charge in [0.05, 0.1) is 16.0 Å². The predicted molar refractivity (Wildman–Crippen MR) is 91.8 cm³/mol. The molecule has 1 aliphatic rings. The van der Waals surface area contributed by atoms with Crippen molar-refractivity contribution in [2.45, 2.75) is 68.1 Å². The first-order valence-electron chi connectivity index (χ1n) is 7.79. The fraction of sp³-hybridized carbons (Fsp3) is 0.588. The average Bonchev–Trinajstić information content (AvgIpc) is 2.86. The summed E-state index contributed by atoms with van der Waals surface area (Å²) in [5.74, 6) is 0.732. The smallest absolute Gasteiger partial charge is 0.200 e. The van der Waals surface area contributed by atoms with Crippen LogP contribution in [0.3, 0.4) is 0 Å². The van der Waals surface area contributed by atoms with Crippen LogP contribution in [0, 0.1) is 0 Å². The average molecular weight is 340 g/mol. The molecule has 3 rings (SSSR count). The van der Waals surface area contributed by atoms with Crippen LogP contribution in [-0.2, 0) is 5.41 Å². The van der Waals surface area contributed by atoms with E-state index in [1.54, 1.807) is 11.8 Å². The number of rotatable bonds is 2. The first-order chi connectivity index (χ1) is 10.3. The maximum Gasteiger partial charge on any atom is 0.200 e. The van der Waals surface area contributed by atoms with Gasteiger partial charge in [-0.15, -0.1) is 11.8 Å². The molecule has 22 heavy (non-hydrogen) atoms. The molecule has 120 valence electrons. The minimum absolute atomic E-state index is 0.130. The van der Waals surface area contributed by atoms with Gasteiger partial charge >= 0.3 is 0 Å². The first-order valence-corrected chi connectivity index (χ1v) is 9.04. The lowest BCUT2D eigenvalue weighted by Crippen LogP contribution is -2.21. The van der Waals surface area contributed by atoms with Crippen molar-refractivity contribution in [2.24, 2.45) is 0 Å². The molecule has 1 saturated carbocycles. The Labute approximate surface area is 140 Å². The van der Waals surface area contributed by atoms with Gasteiger partial charge in [0.2, 0.25) is 5.89 Å². The Balaban J connectivity index is 1.97. The second-order valence-corrected chi connectivity index (χ2v) is 8.77. The number of thioether (sulfide) groups is 1. The summed E-state index contributed by atoms with van der Waals surface area (Å²) in [6, 6.07) is 3.80. The summed E-state index contributed by atoms with van der Waals surface area (Å²) in [6.07, 6.45) is 3.71. The van der Waals surface area contributed by atoms with Gasteiger partial charge in [-0.05, 0) is 37.8 Å². The van der Waals surface area contributed by atoms with Crippen LogP contribution in [0.2, 0.25) is 5.02 Å². The van der Waals surface area contributed by atoms with Gasteiger partial charge in [-0.3, -0.25) is 0 Å². The highest BCUT2D eigenvalue weighted by Crippen LogP contribution is 2.42. The molecule has 3 nitrogen and oxygen atoms in total. The van der Waals surface area contributed by atoms with E-state index in [2.05, 4.69) is 25.8 Å². The SMILES string of the molecule is CC(C)(C)c1nc2ccc(Cl)c(S[C@H]3CCC[C@H](O)C3)c2o1. The molecule has 0 unspecified atom stereocenters. The third-order valence-corrected chi connectivity index (χ3v) is 5.82. The highest BCUT2D eigenvalue weighted by molar-refractivity contribution is 8.00. The van der Waals surface area contributed by atoms with Crippen molar-refractivity contribution in [3.8, 4) is 0 Å². The molecule has 1 aromatic heterocycles. The molecule has 1 fully saturated rings. The number of benzene rings is 1. The molecular weight excluding hydrogens is 318 g/mol. The number of nitrogens with zero attached hydrogens (tertiary/aromatic N) is 1. The Morgan fingerprint density at radius 3 is 2.77 bits per heavy atom. The van der Waals surface area contributed by atoms with Crippen molar-refractivity contribution >= 4 is 34.5 Å². The summed E-state index contributed by atoms with van der Waals surface area (Å²) in [6.45, 7) is 6.26. The van der Waals surface area contributed by atoms with Crippen molar-refractivity contribution in [2.75, 3.05) is 0 Å². The molecule has 0 radical (unpaired) electrons. The maximum atomic E-state index is 9.87. The molecule has 0 saturated heterocycles. The summed E-state index contributed by atoms with van der Waals surface area (Å²) < 4.78 is 6.03. The van der Waals surface area contributed by atoms with Gasteiger partial charge in [-0.25, -0.2) is 4.98 Å². The Kier molecular flexibility index (Phi) is 4.45. The third kappa shape index (κ3) is 3.29. The quantitative estimate of drug-likeness (QED) is 0.819. The van der Waals surface area contributed by atoms with Crippen molar-refractivity contribution in [1.29, 1.82) is 0 Å². The van der Waals surface area contributed by atoms with Crippen LogP contribution in [-0.4, -0.2) is 21.4 Å². The van der Waals surface area contributed by atoms with E-state index in [1.807, 2.05) is 12.1 Å². The maximum absolute atomic E-state index is 9.87. The molecule has 2 aromatic rings. The van der Waals surface area contributed by atoms with Crippen molar-refractivity contribution in [1.82, 2.24) is 4.98 Å². The van der Waals surface area contributed by atoms with Gasteiger partial charge in [0.25, 0.3) is 0 Å². The third-order valence-electron chi connectivity index (χ3n) is 3.99. The molecule has 1 aromatic carbocycles. The molecular formula is C17H22ClNO2S. The van der Waals surface area contributed by atoms with Crippen LogP contribution in [0.4, 0.5) is 0 Å². The fourth-order valence-electron chi connectivity index (χ4n) is 2.77. The zero-order valence-electron chi connectivity index (χ0n) is 13.2. The van der Waals surface area contributed by atoms with E-state index in [-0.39, 0.29) is 11.5 Å². The number of aliphatic hydroxyl groups excluding tert-OH is 1. The Hall–Kier alpha value is -0.710. The first kappa shape index (κ1) is 16.2. The van der Waals surface area contributed by atoms with Gasteiger partial charge in [-0.1, -0.05) is 32.4 Å². The van der Waals surface area contributed by atoms with Crippen LogP contribution >= 0.6 is 23.4 Å². The van der Waals surface area contributed by atoms with Crippen LogP contribution in [0.15, 0.2) is 21.4 Å². The molecule has 0 spiro atoms. The van der Waals surface area contributed by atoms with Gasteiger partial charge in [0.15, 0.2) is 5.58 Å². The molecule has 5 heteroatoms. The standard InChI is InChI=1S/C17H22ClNO2S/c1-17(2,3)16-19-13-8-7-12(18)15(14(13)21-16)22-11-6-4-5-10(20)9-11/h7-8,10-11,20H,4-6,9H2,1-3H3/t10-,11-/m0/s1. The predicted octanol–water partition coefficient (Wildman–Crippen LogP) is 5.17. The molecule has 1 aliphatic carbocycles. The second kappa shape index (κ2) is 6.06. The zero-order valence-corrected chi connectivity index (χ0v) is 14.8. The van der Waals surface area contributed by atoms with Crippen LogP contribution < -0.4 is 0 Å². The highest BCUT2D eigenvalue weighted by Gasteiger charge is 2.26. The van der Waals surface area contributed by atoms with E-state index in [4.69, 9.17) is 16.0 Å². The van der Waals surface area contributed by atoms with Crippen LogP contribution in [0.5, 0.6) is 0 Å². The monoisotopic (exact) mass is 339 g/mol. The van der Waals surface area contributed by atoms with Crippen LogP contribution in [0.1, 0.15) is 52.3 Å². The molecule has 0 aliphatic heterocycles. The summed E-state index contributed by atoms with van der Waals surface area (Å²) in [5.41, 5.74) is 1.50. The van der Waals surface area contributed by atoms with E-state index in [1.165, 1.54) is 0 Å². The van der Waals surface area contributed by atoms with E-state index in [0.29, 0.717) is 10.3 Å². The fourth-order valence-corrected chi connectivity index (χ4v) is 4.42. The van der Waals surface area contributed by atoms with E-state index in [9.17, 15) is 5.11 Å². The minimum atomic E-state index is -0.191. The topological polar surface area (TPSA) is 46.3 Å². The number of hydrogen-bond acceptors (Lipinski definition) is 4. The minimum Gasteiger partial charge on any atom is -0.439 e. The number of aliphatic hydroxyl groups is 1. The molecule has 1 N–H and O–H groups in total. The van der Waals surface area contributed by atoms with Crippen LogP contribution in [0.25, 0.3) is 11.1 Å². The largest absolute Gasteiger partial charge is 0.439 e.